The highest BCUT2D eigenvalue weighted by molar-refractivity contribution is 6.25. The van der Waals surface area contributed by atoms with E-state index in [0.717, 1.165) is 39.5 Å². The SMILES string of the molecule is CC1(C)c2cc(-c3cc(-c4cccc(-c5ccccc5)c4)nc(-c4ccccc4)n3)ccc2-c2ccc(-c3ccc4ccc5cccc6ccc3c4c56)cc21. The van der Waals surface area contributed by atoms with Crippen molar-refractivity contribution in [2.45, 2.75) is 19.3 Å². The van der Waals surface area contributed by atoms with Gasteiger partial charge in [0.05, 0.1) is 11.4 Å². The van der Waals surface area contributed by atoms with Crippen LogP contribution in [0.4, 0.5) is 0 Å². The van der Waals surface area contributed by atoms with Gasteiger partial charge in [0.15, 0.2) is 5.82 Å². The number of aromatic nitrogens is 2. The van der Waals surface area contributed by atoms with Crippen LogP contribution in [0.2, 0.25) is 0 Å². The third kappa shape index (κ3) is 5.02. The van der Waals surface area contributed by atoms with Crippen LogP contribution in [-0.2, 0) is 5.41 Å². The molecule has 0 unspecified atom stereocenters. The van der Waals surface area contributed by atoms with Gasteiger partial charge in [-0.15, -0.1) is 0 Å². The largest absolute Gasteiger partial charge is 0.228 e. The van der Waals surface area contributed by atoms with Crippen LogP contribution in [0.3, 0.4) is 0 Å². The molecule has 0 aliphatic heterocycles. The number of rotatable bonds is 5. The highest BCUT2D eigenvalue weighted by Gasteiger charge is 2.36. The van der Waals surface area contributed by atoms with E-state index in [1.807, 2.05) is 18.2 Å². The molecule has 2 heteroatoms. The first kappa shape index (κ1) is 31.6. The highest BCUT2D eigenvalue weighted by Crippen LogP contribution is 2.51. The summed E-state index contributed by atoms with van der Waals surface area (Å²) >= 11 is 0. The Balaban J connectivity index is 1.02. The van der Waals surface area contributed by atoms with Crippen LogP contribution < -0.4 is 0 Å². The summed E-state index contributed by atoms with van der Waals surface area (Å²) in [6.07, 6.45) is 0. The Labute approximate surface area is 320 Å². The zero-order valence-electron chi connectivity index (χ0n) is 30.7. The zero-order chi connectivity index (χ0) is 36.7. The molecule has 10 aromatic rings. The van der Waals surface area contributed by atoms with Gasteiger partial charge in [-0.1, -0.05) is 172 Å². The lowest BCUT2D eigenvalue weighted by molar-refractivity contribution is 0.661. The molecule has 0 radical (unpaired) electrons. The Kier molecular flexibility index (Phi) is 6.93. The van der Waals surface area contributed by atoms with E-state index in [1.54, 1.807) is 0 Å². The Morgan fingerprint density at radius 1 is 0.345 bits per heavy atom. The molecule has 9 aromatic carbocycles. The molecule has 2 nitrogen and oxygen atoms in total. The van der Waals surface area contributed by atoms with Gasteiger partial charge in [-0.05, 0) is 101 Å². The molecule has 0 amide bonds. The number of benzene rings is 9. The molecule has 0 saturated heterocycles. The second kappa shape index (κ2) is 12.1. The van der Waals surface area contributed by atoms with E-state index in [4.69, 9.17) is 9.97 Å². The number of hydrogen-bond acceptors (Lipinski definition) is 2. The lowest BCUT2D eigenvalue weighted by atomic mass is 9.80. The first-order valence-electron chi connectivity index (χ1n) is 19.1. The summed E-state index contributed by atoms with van der Waals surface area (Å²) in [5.74, 6) is 0.721. The summed E-state index contributed by atoms with van der Waals surface area (Å²) in [5.41, 5.74) is 14.9. The fourth-order valence-corrected chi connectivity index (χ4v) is 9.00. The molecule has 1 heterocycles. The highest BCUT2D eigenvalue weighted by atomic mass is 14.9. The van der Waals surface area contributed by atoms with Crippen molar-refractivity contribution in [2.75, 3.05) is 0 Å². The topological polar surface area (TPSA) is 25.8 Å². The first-order valence-corrected chi connectivity index (χ1v) is 19.1. The van der Waals surface area contributed by atoms with Crippen molar-refractivity contribution in [3.63, 3.8) is 0 Å². The van der Waals surface area contributed by atoms with Gasteiger partial charge in [-0.2, -0.15) is 0 Å². The van der Waals surface area contributed by atoms with E-state index in [9.17, 15) is 0 Å². The minimum atomic E-state index is -0.206. The number of hydrogen-bond donors (Lipinski definition) is 0. The molecule has 0 spiro atoms. The zero-order valence-corrected chi connectivity index (χ0v) is 30.7. The van der Waals surface area contributed by atoms with E-state index >= 15 is 0 Å². The summed E-state index contributed by atoms with van der Waals surface area (Å²) in [4.78, 5) is 10.4. The molecule has 1 aliphatic carbocycles. The molecule has 0 N–H and O–H groups in total. The van der Waals surface area contributed by atoms with Gasteiger partial charge in [0, 0.05) is 22.1 Å². The molecule has 11 rings (SSSR count). The van der Waals surface area contributed by atoms with Crippen molar-refractivity contribution in [3.05, 3.63) is 193 Å². The van der Waals surface area contributed by atoms with Crippen LogP contribution >= 0.6 is 0 Å². The van der Waals surface area contributed by atoms with Crippen molar-refractivity contribution in [3.8, 4) is 67.3 Å². The third-order valence-corrected chi connectivity index (χ3v) is 11.8. The summed E-state index contributed by atoms with van der Waals surface area (Å²) in [6.45, 7) is 4.73. The monoisotopic (exact) mass is 700 g/mol. The fourth-order valence-electron chi connectivity index (χ4n) is 9.00. The van der Waals surface area contributed by atoms with E-state index in [1.165, 1.54) is 71.3 Å². The van der Waals surface area contributed by atoms with Gasteiger partial charge in [-0.3, -0.25) is 0 Å². The maximum Gasteiger partial charge on any atom is 0.160 e. The lowest BCUT2D eigenvalue weighted by Crippen LogP contribution is -2.15. The Hall–Kier alpha value is -6.90. The summed E-state index contributed by atoms with van der Waals surface area (Å²) in [6, 6.07) is 66.0. The van der Waals surface area contributed by atoms with E-state index in [2.05, 4.69) is 178 Å². The normalized spacial score (nSPS) is 13.1. The van der Waals surface area contributed by atoms with Crippen molar-refractivity contribution in [2.24, 2.45) is 0 Å². The van der Waals surface area contributed by atoms with Gasteiger partial charge in [0.2, 0.25) is 0 Å². The molecule has 0 fully saturated rings. The van der Waals surface area contributed by atoms with E-state index in [0.29, 0.717) is 0 Å². The Bertz CT molecular complexity index is 3090. The molecular formula is C53H36N2. The minimum Gasteiger partial charge on any atom is -0.228 e. The van der Waals surface area contributed by atoms with Crippen molar-refractivity contribution in [1.29, 1.82) is 0 Å². The molecule has 0 saturated carbocycles. The average Bonchev–Trinajstić information content (AvgIpc) is 3.48. The van der Waals surface area contributed by atoms with Crippen molar-refractivity contribution >= 4 is 32.3 Å². The van der Waals surface area contributed by atoms with E-state index in [-0.39, 0.29) is 5.41 Å². The second-order valence-corrected chi connectivity index (χ2v) is 15.4. The van der Waals surface area contributed by atoms with Crippen LogP contribution in [0.5, 0.6) is 0 Å². The molecule has 0 atom stereocenters. The van der Waals surface area contributed by atoms with Crippen LogP contribution in [0.15, 0.2) is 182 Å². The molecular weight excluding hydrogens is 665 g/mol. The van der Waals surface area contributed by atoms with Crippen LogP contribution in [0, 0.1) is 0 Å². The lowest BCUT2D eigenvalue weighted by Gasteiger charge is -2.23. The fraction of sp³-hybridized carbons (Fsp3) is 0.0566. The minimum absolute atomic E-state index is 0.206. The number of nitrogens with zero attached hydrogens (tertiary/aromatic N) is 2. The third-order valence-electron chi connectivity index (χ3n) is 11.8. The predicted octanol–water partition coefficient (Wildman–Crippen LogP) is 14.0. The second-order valence-electron chi connectivity index (χ2n) is 15.4. The first-order chi connectivity index (χ1) is 27.0. The average molecular weight is 701 g/mol. The Morgan fingerprint density at radius 3 is 1.56 bits per heavy atom. The van der Waals surface area contributed by atoms with Gasteiger partial charge in [-0.25, -0.2) is 9.97 Å². The molecule has 55 heavy (non-hydrogen) atoms. The molecule has 1 aliphatic rings. The van der Waals surface area contributed by atoms with Crippen LogP contribution in [-0.4, -0.2) is 9.97 Å². The van der Waals surface area contributed by atoms with Gasteiger partial charge >= 0.3 is 0 Å². The molecule has 258 valence electrons. The van der Waals surface area contributed by atoms with Crippen molar-refractivity contribution < 1.29 is 0 Å². The summed E-state index contributed by atoms with van der Waals surface area (Å²) in [7, 11) is 0. The van der Waals surface area contributed by atoms with Gasteiger partial charge in [0.25, 0.3) is 0 Å². The van der Waals surface area contributed by atoms with Gasteiger partial charge in [0.1, 0.15) is 0 Å². The van der Waals surface area contributed by atoms with E-state index < -0.39 is 0 Å². The van der Waals surface area contributed by atoms with Crippen LogP contribution in [0.25, 0.3) is 99.6 Å². The Morgan fingerprint density at radius 2 is 0.855 bits per heavy atom. The standard InChI is InChI=1S/C53H36N2/c1-53(2)46-30-39(42-25-21-36-20-19-34-15-9-16-35-22-28-45(42)51(36)50(34)35)23-26-43(46)44-27-24-41(31-47(44)53)49-32-48(54-52(55-49)37-13-7-4-8-14-37)40-18-10-17-38(29-40)33-11-5-3-6-12-33/h3-32H,1-2H3. The smallest absolute Gasteiger partial charge is 0.160 e. The maximum absolute atomic E-state index is 5.21. The maximum atomic E-state index is 5.21. The molecule has 1 aromatic heterocycles. The summed E-state index contributed by atoms with van der Waals surface area (Å²) < 4.78 is 0. The molecule has 0 bridgehead atoms. The summed E-state index contributed by atoms with van der Waals surface area (Å²) in [5, 5.41) is 7.89. The number of fused-ring (bicyclic) bond motifs is 3. The van der Waals surface area contributed by atoms with Crippen LogP contribution in [0.1, 0.15) is 25.0 Å². The van der Waals surface area contributed by atoms with Crippen molar-refractivity contribution in [1.82, 2.24) is 9.97 Å². The van der Waals surface area contributed by atoms with Gasteiger partial charge < -0.3 is 0 Å². The quantitative estimate of drug-likeness (QED) is 0.167. The predicted molar refractivity (Wildman–Crippen MR) is 230 cm³/mol.